The Labute approximate surface area is 274 Å². The van der Waals surface area contributed by atoms with Crippen LogP contribution in [0.25, 0.3) is 26.3 Å². The minimum atomic E-state index is -0.785. The number of hydrogen-bond acceptors (Lipinski definition) is 6. The molecule has 0 bridgehead atoms. The summed E-state index contributed by atoms with van der Waals surface area (Å²) in [5, 5.41) is 0.297. The molecule has 0 aliphatic carbocycles. The SMILES string of the molecule is COc1cccc(-n2c(=O)c3c(CN(C)Cc4ccccc4)c(-c4ccc(N)cc4)sc3n(Cc3c(F)cccc3F)c2=O)c1.Cl. The molecule has 0 amide bonds. The molecule has 6 rings (SSSR count). The fourth-order valence-corrected chi connectivity index (χ4v) is 6.77. The van der Waals surface area contributed by atoms with E-state index < -0.39 is 29.4 Å². The Morgan fingerprint density at radius 3 is 2.20 bits per heavy atom. The van der Waals surface area contributed by atoms with Crippen molar-refractivity contribution in [1.29, 1.82) is 0 Å². The van der Waals surface area contributed by atoms with E-state index in [0.717, 1.165) is 32.7 Å². The molecule has 11 heteroatoms. The Hall–Kier alpha value is -4.77. The third kappa shape index (κ3) is 6.32. The Morgan fingerprint density at radius 2 is 1.52 bits per heavy atom. The van der Waals surface area contributed by atoms with E-state index in [1.807, 2.05) is 49.5 Å². The van der Waals surface area contributed by atoms with Crippen molar-refractivity contribution in [2.45, 2.75) is 19.6 Å². The zero-order chi connectivity index (χ0) is 31.7. The highest BCUT2D eigenvalue weighted by Crippen LogP contribution is 2.38. The molecule has 4 aromatic carbocycles. The van der Waals surface area contributed by atoms with Crippen molar-refractivity contribution in [1.82, 2.24) is 14.0 Å². The van der Waals surface area contributed by atoms with Crippen LogP contribution in [0.1, 0.15) is 16.7 Å². The van der Waals surface area contributed by atoms with Crippen molar-refractivity contribution in [3.05, 3.63) is 146 Å². The third-order valence-electron chi connectivity index (χ3n) is 7.66. The predicted octanol–water partition coefficient (Wildman–Crippen LogP) is 6.85. The number of thiophene rings is 1. The molecule has 0 atom stereocenters. The normalized spacial score (nSPS) is 11.2. The van der Waals surface area contributed by atoms with Crippen LogP contribution in [0.5, 0.6) is 5.75 Å². The second-order valence-electron chi connectivity index (χ2n) is 10.8. The van der Waals surface area contributed by atoms with Crippen LogP contribution >= 0.6 is 23.7 Å². The van der Waals surface area contributed by atoms with Gasteiger partial charge in [0.05, 0.1) is 24.7 Å². The molecular weight excluding hydrogens is 630 g/mol. The van der Waals surface area contributed by atoms with Gasteiger partial charge >= 0.3 is 5.69 Å². The maximum Gasteiger partial charge on any atom is 0.337 e. The lowest BCUT2D eigenvalue weighted by Crippen LogP contribution is -2.39. The standard InChI is InChI=1S/C35H30F2N4O3S.ClH/c1-39(19-22-8-4-3-5-9-22)20-28-31-33(42)41(25-10-6-11-26(18-25)44-2)35(43)40(21-27-29(36)12-7-13-30(27)37)34(31)45-32(28)23-14-16-24(38)17-15-23;/h3-18H,19-21,38H2,1-2H3;1H. The lowest BCUT2D eigenvalue weighted by Gasteiger charge is -2.18. The maximum absolute atomic E-state index is 15.0. The number of aromatic nitrogens is 2. The summed E-state index contributed by atoms with van der Waals surface area (Å²) in [4.78, 5) is 31.9. The minimum Gasteiger partial charge on any atom is -0.497 e. The number of benzene rings is 4. The van der Waals surface area contributed by atoms with Gasteiger partial charge in [-0.15, -0.1) is 23.7 Å². The molecule has 2 aromatic heterocycles. The molecule has 0 aliphatic rings. The molecule has 0 saturated heterocycles. The summed E-state index contributed by atoms with van der Waals surface area (Å²) in [5.74, 6) is -1.12. The van der Waals surface area contributed by atoms with Crippen LogP contribution in [0.2, 0.25) is 0 Å². The summed E-state index contributed by atoms with van der Waals surface area (Å²) < 4.78 is 37.7. The molecular formula is C35H31ClF2N4O3S. The van der Waals surface area contributed by atoms with Crippen LogP contribution in [0, 0.1) is 11.6 Å². The summed E-state index contributed by atoms with van der Waals surface area (Å²) in [7, 11) is 3.44. The van der Waals surface area contributed by atoms with Gasteiger partial charge in [-0.05, 0) is 60.1 Å². The van der Waals surface area contributed by atoms with Gasteiger partial charge in [-0.25, -0.2) is 18.1 Å². The van der Waals surface area contributed by atoms with E-state index in [0.29, 0.717) is 40.3 Å². The summed E-state index contributed by atoms with van der Waals surface area (Å²) in [6, 6.07) is 27.4. The molecule has 46 heavy (non-hydrogen) atoms. The number of methoxy groups -OCH3 is 1. The monoisotopic (exact) mass is 660 g/mol. The average molecular weight is 661 g/mol. The quantitative estimate of drug-likeness (QED) is 0.172. The van der Waals surface area contributed by atoms with Crippen LogP contribution in [0.15, 0.2) is 107 Å². The Kier molecular flexibility index (Phi) is 9.71. The maximum atomic E-state index is 15.0. The van der Waals surface area contributed by atoms with Gasteiger partial charge in [0.2, 0.25) is 0 Å². The first-order chi connectivity index (χ1) is 21.7. The Morgan fingerprint density at radius 1 is 0.848 bits per heavy atom. The Bertz CT molecular complexity index is 2110. The summed E-state index contributed by atoms with van der Waals surface area (Å²) >= 11 is 1.24. The molecule has 0 spiro atoms. The molecule has 0 radical (unpaired) electrons. The number of rotatable bonds is 9. The predicted molar refractivity (Wildman–Crippen MR) is 182 cm³/mol. The van der Waals surface area contributed by atoms with E-state index in [9.17, 15) is 18.4 Å². The number of nitrogens with two attached hydrogens (primary N) is 1. The topological polar surface area (TPSA) is 82.5 Å². The molecule has 2 heterocycles. The molecule has 0 unspecified atom stereocenters. The van der Waals surface area contributed by atoms with Crippen molar-refractivity contribution in [2.24, 2.45) is 0 Å². The molecule has 236 valence electrons. The first-order valence-corrected chi connectivity index (χ1v) is 15.0. The minimum absolute atomic E-state index is 0. The van der Waals surface area contributed by atoms with Gasteiger partial charge in [0.15, 0.2) is 0 Å². The van der Waals surface area contributed by atoms with E-state index >= 15 is 0 Å². The second kappa shape index (κ2) is 13.7. The largest absolute Gasteiger partial charge is 0.497 e. The second-order valence-corrected chi connectivity index (χ2v) is 11.8. The van der Waals surface area contributed by atoms with Gasteiger partial charge in [-0.3, -0.25) is 14.3 Å². The van der Waals surface area contributed by atoms with Crippen LogP contribution in [-0.2, 0) is 19.6 Å². The highest BCUT2D eigenvalue weighted by molar-refractivity contribution is 7.22. The number of hydrogen-bond donors (Lipinski definition) is 1. The smallest absolute Gasteiger partial charge is 0.337 e. The lowest BCUT2D eigenvalue weighted by atomic mass is 10.1. The van der Waals surface area contributed by atoms with E-state index in [-0.39, 0.29) is 23.7 Å². The van der Waals surface area contributed by atoms with E-state index in [4.69, 9.17) is 10.5 Å². The number of nitrogen functional groups attached to an aromatic ring is 1. The summed E-state index contributed by atoms with van der Waals surface area (Å²) in [6.45, 7) is 0.538. The highest BCUT2D eigenvalue weighted by atomic mass is 35.5. The molecule has 6 aromatic rings. The summed E-state index contributed by atoms with van der Waals surface area (Å²) in [5.41, 5.74) is 7.90. The van der Waals surface area contributed by atoms with Crippen LogP contribution in [-0.4, -0.2) is 28.2 Å². The van der Waals surface area contributed by atoms with E-state index in [1.54, 1.807) is 36.4 Å². The van der Waals surface area contributed by atoms with Gasteiger partial charge in [-0.2, -0.15) is 0 Å². The number of ether oxygens (including phenoxy) is 1. The van der Waals surface area contributed by atoms with Gasteiger partial charge in [0.1, 0.15) is 22.2 Å². The third-order valence-corrected chi connectivity index (χ3v) is 8.96. The van der Waals surface area contributed by atoms with Crippen molar-refractivity contribution in [3.8, 4) is 21.9 Å². The number of fused-ring (bicyclic) bond motifs is 1. The fourth-order valence-electron chi connectivity index (χ4n) is 5.47. The first-order valence-electron chi connectivity index (χ1n) is 14.2. The molecule has 7 nitrogen and oxygen atoms in total. The van der Waals surface area contributed by atoms with Gasteiger partial charge < -0.3 is 10.5 Å². The van der Waals surface area contributed by atoms with Gasteiger partial charge in [0.25, 0.3) is 5.56 Å². The number of nitrogens with zero attached hydrogens (tertiary/aromatic N) is 3. The van der Waals surface area contributed by atoms with Crippen molar-refractivity contribution >= 4 is 39.6 Å². The van der Waals surface area contributed by atoms with Gasteiger partial charge in [0, 0.05) is 35.3 Å². The average Bonchev–Trinajstić information content (AvgIpc) is 3.40. The first kappa shape index (κ1) is 32.6. The highest BCUT2D eigenvalue weighted by Gasteiger charge is 2.26. The van der Waals surface area contributed by atoms with Crippen LogP contribution in [0.3, 0.4) is 0 Å². The van der Waals surface area contributed by atoms with E-state index in [1.165, 1.54) is 29.1 Å². The molecule has 0 fully saturated rings. The van der Waals surface area contributed by atoms with Crippen molar-refractivity contribution < 1.29 is 13.5 Å². The summed E-state index contributed by atoms with van der Waals surface area (Å²) in [6.07, 6.45) is 0. The van der Waals surface area contributed by atoms with Crippen LogP contribution < -0.4 is 21.7 Å². The molecule has 2 N–H and O–H groups in total. The molecule has 0 saturated carbocycles. The van der Waals surface area contributed by atoms with Crippen molar-refractivity contribution in [3.63, 3.8) is 0 Å². The fraction of sp³-hybridized carbons (Fsp3) is 0.143. The molecule has 0 aliphatic heterocycles. The zero-order valence-electron chi connectivity index (χ0n) is 25.1. The number of halogens is 3. The van der Waals surface area contributed by atoms with Crippen molar-refractivity contribution in [2.75, 3.05) is 19.9 Å². The Balaban J connectivity index is 0.00000417. The zero-order valence-corrected chi connectivity index (χ0v) is 26.7. The lowest BCUT2D eigenvalue weighted by molar-refractivity contribution is 0.321. The van der Waals surface area contributed by atoms with Crippen LogP contribution in [0.4, 0.5) is 14.5 Å². The van der Waals surface area contributed by atoms with Gasteiger partial charge in [-0.1, -0.05) is 54.6 Å². The number of anilines is 1. The van der Waals surface area contributed by atoms with E-state index in [2.05, 4.69) is 4.90 Å².